The Morgan fingerprint density at radius 1 is 1.23 bits per heavy atom. The van der Waals surface area contributed by atoms with Crippen molar-refractivity contribution in [1.29, 1.82) is 0 Å². The Morgan fingerprint density at radius 2 is 1.86 bits per heavy atom. The van der Waals surface area contributed by atoms with Gasteiger partial charge in [0.05, 0.1) is 12.0 Å². The molecule has 1 unspecified atom stereocenters. The molecule has 0 aliphatic rings. The minimum atomic E-state index is -4.27. The lowest BCUT2D eigenvalue weighted by Gasteiger charge is -2.13. The van der Waals surface area contributed by atoms with Crippen LogP contribution in [0.2, 0.25) is 0 Å². The van der Waals surface area contributed by atoms with Crippen molar-refractivity contribution in [2.45, 2.75) is 14.7 Å². The van der Waals surface area contributed by atoms with E-state index in [-0.39, 0.29) is 4.90 Å². The van der Waals surface area contributed by atoms with Gasteiger partial charge >= 0.3 is 0 Å². The van der Waals surface area contributed by atoms with E-state index in [4.69, 9.17) is 9.29 Å². The van der Waals surface area contributed by atoms with Crippen LogP contribution < -0.4 is 4.74 Å². The van der Waals surface area contributed by atoms with Crippen LogP contribution in [0.25, 0.3) is 6.08 Å². The molecule has 0 heterocycles. The molecule has 2 aromatic carbocycles. The van der Waals surface area contributed by atoms with Crippen molar-refractivity contribution in [1.82, 2.24) is 0 Å². The monoisotopic (exact) mass is 338 g/mol. The number of methoxy groups -OCH3 is 1. The van der Waals surface area contributed by atoms with Gasteiger partial charge in [-0.3, -0.25) is 4.55 Å². The van der Waals surface area contributed by atoms with Crippen molar-refractivity contribution in [3.8, 4) is 5.75 Å². The second kappa shape index (κ2) is 6.53. The van der Waals surface area contributed by atoms with Crippen LogP contribution in [0, 0.1) is 0 Å². The van der Waals surface area contributed by atoms with Crippen molar-refractivity contribution < 1.29 is 22.3 Å². The van der Waals surface area contributed by atoms with Crippen LogP contribution >= 0.6 is 0 Å². The average molecular weight is 338 g/mol. The van der Waals surface area contributed by atoms with Crippen molar-refractivity contribution in [2.24, 2.45) is 0 Å². The summed E-state index contributed by atoms with van der Waals surface area (Å²) in [5.74, 6) is 0.453. The molecular weight excluding hydrogens is 324 g/mol. The van der Waals surface area contributed by atoms with Crippen molar-refractivity contribution >= 4 is 27.4 Å². The SMILES string of the molecule is C=Cc1ccc([S+]([O-])c2ccc(S(=O)(=O)O)cc2)c(OC)c1. The molecule has 0 radical (unpaired) electrons. The zero-order valence-corrected chi connectivity index (χ0v) is 13.4. The van der Waals surface area contributed by atoms with E-state index in [2.05, 4.69) is 6.58 Å². The van der Waals surface area contributed by atoms with Crippen molar-refractivity contribution in [3.05, 3.63) is 54.6 Å². The second-order valence-electron chi connectivity index (χ2n) is 4.33. The molecule has 0 amide bonds. The fraction of sp³-hybridized carbons (Fsp3) is 0.0667. The Morgan fingerprint density at radius 3 is 2.36 bits per heavy atom. The van der Waals surface area contributed by atoms with E-state index in [1.165, 1.54) is 31.4 Å². The number of benzene rings is 2. The minimum absolute atomic E-state index is 0.248. The molecule has 22 heavy (non-hydrogen) atoms. The summed E-state index contributed by atoms with van der Waals surface area (Å²) in [6.07, 6.45) is 1.65. The predicted molar refractivity (Wildman–Crippen MR) is 84.0 cm³/mol. The molecule has 2 aromatic rings. The van der Waals surface area contributed by atoms with E-state index in [9.17, 15) is 13.0 Å². The Kier molecular flexibility index (Phi) is 4.92. The van der Waals surface area contributed by atoms with E-state index in [0.29, 0.717) is 15.5 Å². The lowest BCUT2D eigenvalue weighted by atomic mass is 10.2. The highest BCUT2D eigenvalue weighted by Gasteiger charge is 2.21. The van der Waals surface area contributed by atoms with Crippen LogP contribution in [0.3, 0.4) is 0 Å². The number of ether oxygens (including phenoxy) is 1. The summed E-state index contributed by atoms with van der Waals surface area (Å²) in [6, 6.07) is 10.3. The Labute approximate surface area is 132 Å². The quantitative estimate of drug-likeness (QED) is 0.669. The van der Waals surface area contributed by atoms with Crippen LogP contribution in [0.4, 0.5) is 0 Å². The Hall–Kier alpha value is -1.80. The third-order valence-corrected chi connectivity index (χ3v) is 5.26. The standard InChI is InChI=1S/C15H14O5S2/c1-3-11-4-9-15(14(10-11)20-2)21(16)12-5-7-13(8-6-12)22(17,18)19/h3-10H,1H2,2H3,(H,17,18,19). The van der Waals surface area contributed by atoms with E-state index in [0.717, 1.165) is 5.56 Å². The van der Waals surface area contributed by atoms with Crippen LogP contribution in [0.5, 0.6) is 5.75 Å². The molecule has 0 aromatic heterocycles. The van der Waals surface area contributed by atoms with Gasteiger partial charge in [0, 0.05) is 11.2 Å². The molecule has 0 aliphatic heterocycles. The molecule has 0 aliphatic carbocycles. The van der Waals surface area contributed by atoms with Gasteiger partial charge in [-0.15, -0.1) is 0 Å². The summed E-state index contributed by atoms with van der Waals surface area (Å²) in [6.45, 7) is 3.66. The number of rotatable bonds is 5. The van der Waals surface area contributed by atoms with Gasteiger partial charge in [-0.05, 0) is 48.0 Å². The highest BCUT2D eigenvalue weighted by Crippen LogP contribution is 2.31. The van der Waals surface area contributed by atoms with Crippen LogP contribution in [0.15, 0.2) is 63.7 Å². The topological polar surface area (TPSA) is 86.7 Å². The number of hydrogen-bond acceptors (Lipinski definition) is 4. The highest BCUT2D eigenvalue weighted by molar-refractivity contribution is 7.91. The zero-order chi connectivity index (χ0) is 16.3. The first-order chi connectivity index (χ1) is 10.4. The zero-order valence-electron chi connectivity index (χ0n) is 11.7. The second-order valence-corrected chi connectivity index (χ2v) is 7.20. The molecule has 116 valence electrons. The molecule has 0 saturated carbocycles. The molecule has 0 fully saturated rings. The van der Waals surface area contributed by atoms with Gasteiger partial charge in [0.1, 0.15) is 0 Å². The van der Waals surface area contributed by atoms with Gasteiger partial charge in [-0.1, -0.05) is 12.7 Å². The molecule has 7 heteroatoms. The maximum absolute atomic E-state index is 12.6. The third kappa shape index (κ3) is 3.50. The molecule has 1 N–H and O–H groups in total. The molecule has 0 saturated heterocycles. The van der Waals surface area contributed by atoms with Crippen LogP contribution in [-0.2, 0) is 21.3 Å². The van der Waals surface area contributed by atoms with E-state index in [1.54, 1.807) is 24.3 Å². The van der Waals surface area contributed by atoms with Crippen LogP contribution in [-0.4, -0.2) is 24.6 Å². The lowest BCUT2D eigenvalue weighted by Crippen LogP contribution is -2.05. The summed E-state index contributed by atoms with van der Waals surface area (Å²) in [7, 11) is -2.79. The fourth-order valence-corrected chi connectivity index (χ4v) is 3.46. The van der Waals surface area contributed by atoms with E-state index in [1.807, 2.05) is 0 Å². The molecule has 0 spiro atoms. The van der Waals surface area contributed by atoms with Crippen molar-refractivity contribution in [3.63, 3.8) is 0 Å². The Bertz CT molecular complexity index is 782. The maximum atomic E-state index is 12.6. The van der Waals surface area contributed by atoms with Gasteiger partial charge in [-0.25, -0.2) is 0 Å². The maximum Gasteiger partial charge on any atom is 0.294 e. The third-order valence-electron chi connectivity index (χ3n) is 2.96. The Balaban J connectivity index is 2.39. The first-order valence-corrected chi connectivity index (χ1v) is 8.75. The molecule has 2 rings (SSSR count). The minimum Gasteiger partial charge on any atom is -0.606 e. The summed E-state index contributed by atoms with van der Waals surface area (Å²) in [4.78, 5) is 0.618. The van der Waals surface area contributed by atoms with E-state index < -0.39 is 21.3 Å². The van der Waals surface area contributed by atoms with Gasteiger partial charge in [0.2, 0.25) is 0 Å². The average Bonchev–Trinajstić information content (AvgIpc) is 2.52. The summed E-state index contributed by atoms with van der Waals surface area (Å²) in [5, 5.41) is 0. The molecule has 0 bridgehead atoms. The summed E-state index contributed by atoms with van der Waals surface area (Å²) < 4.78 is 48.8. The lowest BCUT2D eigenvalue weighted by molar-refractivity contribution is 0.402. The predicted octanol–water partition coefficient (Wildman–Crippen LogP) is 2.75. The van der Waals surface area contributed by atoms with Gasteiger partial charge in [-0.2, -0.15) is 8.42 Å². The normalized spacial score (nSPS) is 12.7. The fourth-order valence-electron chi connectivity index (χ4n) is 1.83. The molecular formula is C15H14O5S2. The molecule has 1 atom stereocenters. The van der Waals surface area contributed by atoms with E-state index >= 15 is 0 Å². The largest absolute Gasteiger partial charge is 0.606 e. The van der Waals surface area contributed by atoms with Crippen molar-refractivity contribution in [2.75, 3.05) is 7.11 Å². The first-order valence-electron chi connectivity index (χ1n) is 6.16. The smallest absolute Gasteiger partial charge is 0.294 e. The highest BCUT2D eigenvalue weighted by atomic mass is 32.2. The summed E-state index contributed by atoms with van der Waals surface area (Å²) >= 11 is -1.54. The summed E-state index contributed by atoms with van der Waals surface area (Å²) in [5.41, 5.74) is 0.833. The first kappa shape index (κ1) is 16.6. The van der Waals surface area contributed by atoms with Gasteiger partial charge in [0.15, 0.2) is 15.5 Å². The van der Waals surface area contributed by atoms with Crippen LogP contribution in [0.1, 0.15) is 5.56 Å². The molecule has 5 nitrogen and oxygen atoms in total. The van der Waals surface area contributed by atoms with Gasteiger partial charge in [0.25, 0.3) is 10.1 Å². The van der Waals surface area contributed by atoms with Gasteiger partial charge < -0.3 is 9.29 Å². The number of hydrogen-bond donors (Lipinski definition) is 1.